The van der Waals surface area contributed by atoms with Crippen LogP contribution >= 0.6 is 11.8 Å². The van der Waals surface area contributed by atoms with Gasteiger partial charge in [-0.15, -0.1) is 0 Å². The largest absolute Gasteiger partial charge is 0.353 e. The topological polar surface area (TPSA) is 62.4 Å². The first-order valence-electron chi connectivity index (χ1n) is 6.63. The molecule has 4 nitrogen and oxygen atoms in total. The normalized spacial score (nSPS) is 30.8. The molecule has 4 N–H and O–H groups in total. The number of thioether (sulfide) groups is 1. The number of hydrogen-bond acceptors (Lipinski definition) is 3. The van der Waals surface area contributed by atoms with Crippen LogP contribution in [-0.2, 0) is 0 Å². The van der Waals surface area contributed by atoms with Crippen LogP contribution in [0.2, 0.25) is 0 Å². The quantitative estimate of drug-likeness (QED) is 0.311. The van der Waals surface area contributed by atoms with E-state index in [1.807, 2.05) is 11.8 Å². The number of nitrogens with zero attached hydrogens (tertiary/aromatic N) is 1. The van der Waals surface area contributed by atoms with E-state index in [9.17, 15) is 0 Å². The first kappa shape index (κ1) is 13.0. The van der Waals surface area contributed by atoms with Gasteiger partial charge in [-0.3, -0.25) is 10.4 Å². The maximum atomic E-state index is 5.53. The second kappa shape index (κ2) is 5.96. The molecule has 1 saturated carbocycles. The highest BCUT2D eigenvalue weighted by Gasteiger charge is 2.29. The van der Waals surface area contributed by atoms with Crippen LogP contribution in [0.3, 0.4) is 0 Å². The minimum Gasteiger partial charge on any atom is -0.353 e. The Morgan fingerprint density at radius 2 is 2.18 bits per heavy atom. The average molecular weight is 256 g/mol. The third kappa shape index (κ3) is 3.78. The minimum absolute atomic E-state index is 0.319. The first-order chi connectivity index (χ1) is 8.22. The molecule has 0 aromatic heterocycles. The van der Waals surface area contributed by atoms with Gasteiger partial charge in [-0.2, -0.15) is 11.8 Å². The third-order valence-corrected chi connectivity index (χ3v) is 5.23. The van der Waals surface area contributed by atoms with Gasteiger partial charge in [-0.1, -0.05) is 12.8 Å². The smallest absolute Gasteiger partial charge is 0.205 e. The van der Waals surface area contributed by atoms with Crippen molar-refractivity contribution in [2.24, 2.45) is 10.8 Å². The maximum Gasteiger partial charge on any atom is 0.205 e. The van der Waals surface area contributed by atoms with Crippen LogP contribution in [0.15, 0.2) is 4.99 Å². The fraction of sp³-hybridized carbons (Fsp3) is 0.917. The summed E-state index contributed by atoms with van der Waals surface area (Å²) in [6.45, 7) is 3.16. The van der Waals surface area contributed by atoms with E-state index in [4.69, 9.17) is 5.84 Å². The Balaban J connectivity index is 1.83. The van der Waals surface area contributed by atoms with Crippen molar-refractivity contribution in [3.63, 3.8) is 0 Å². The number of nitrogens with two attached hydrogens (primary N) is 1. The molecular formula is C12H24N4S. The van der Waals surface area contributed by atoms with Gasteiger partial charge in [0.2, 0.25) is 5.96 Å². The molecular weight excluding hydrogens is 232 g/mol. The molecule has 1 aliphatic heterocycles. The number of guanidine groups is 1. The molecule has 1 heterocycles. The summed E-state index contributed by atoms with van der Waals surface area (Å²) in [5.74, 6) is 7.57. The Hall–Kier alpha value is -0.420. The van der Waals surface area contributed by atoms with Gasteiger partial charge in [0, 0.05) is 10.8 Å². The predicted octanol–water partition coefficient (Wildman–Crippen LogP) is 1.62. The molecule has 2 rings (SSSR count). The van der Waals surface area contributed by atoms with Gasteiger partial charge in [0.1, 0.15) is 0 Å². The summed E-state index contributed by atoms with van der Waals surface area (Å²) >= 11 is 2.04. The van der Waals surface area contributed by atoms with Gasteiger partial charge in [-0.25, -0.2) is 5.84 Å². The van der Waals surface area contributed by atoms with Crippen LogP contribution in [0.25, 0.3) is 0 Å². The van der Waals surface area contributed by atoms with Crippen LogP contribution in [0.1, 0.15) is 45.4 Å². The summed E-state index contributed by atoms with van der Waals surface area (Å²) in [5.41, 5.74) is 2.70. The summed E-state index contributed by atoms with van der Waals surface area (Å²) in [6.07, 6.45) is 7.71. The summed E-state index contributed by atoms with van der Waals surface area (Å²) in [7, 11) is 0. The highest BCUT2D eigenvalue weighted by atomic mass is 32.2. The first-order valence-corrected chi connectivity index (χ1v) is 7.62. The lowest BCUT2D eigenvalue weighted by molar-refractivity contribution is 0.594. The van der Waals surface area contributed by atoms with E-state index in [0.29, 0.717) is 10.8 Å². The van der Waals surface area contributed by atoms with Crippen molar-refractivity contribution in [1.82, 2.24) is 10.7 Å². The third-order valence-electron chi connectivity index (χ3n) is 3.70. The lowest BCUT2D eigenvalue weighted by Gasteiger charge is -2.21. The molecule has 0 aromatic rings. The summed E-state index contributed by atoms with van der Waals surface area (Å²) < 4.78 is 0.319. The van der Waals surface area contributed by atoms with Crippen LogP contribution < -0.4 is 16.6 Å². The van der Waals surface area contributed by atoms with Crippen molar-refractivity contribution < 1.29 is 0 Å². The molecule has 1 unspecified atom stereocenters. The summed E-state index contributed by atoms with van der Waals surface area (Å²) in [4.78, 5) is 4.61. The highest BCUT2D eigenvalue weighted by molar-refractivity contribution is 8.00. The second-order valence-electron chi connectivity index (χ2n) is 5.34. The molecule has 2 fully saturated rings. The fourth-order valence-electron chi connectivity index (χ4n) is 2.60. The lowest BCUT2D eigenvalue weighted by Crippen LogP contribution is -2.46. The zero-order valence-electron chi connectivity index (χ0n) is 10.7. The summed E-state index contributed by atoms with van der Waals surface area (Å²) in [5, 5.41) is 3.41. The van der Waals surface area contributed by atoms with Gasteiger partial charge in [0.15, 0.2) is 0 Å². The van der Waals surface area contributed by atoms with Crippen molar-refractivity contribution in [2.45, 2.75) is 56.2 Å². The van der Waals surface area contributed by atoms with Crippen molar-refractivity contribution in [2.75, 3.05) is 12.3 Å². The molecule has 0 amide bonds. The Morgan fingerprint density at radius 3 is 2.76 bits per heavy atom. The molecule has 5 heteroatoms. The molecule has 0 radical (unpaired) electrons. The standard InChI is InChI=1S/C12H24N4S/c1-12(7-4-8-17-12)9-14-11(16-13)15-10-5-2-3-6-10/h10H,2-9,13H2,1H3,(H2,14,15,16). The van der Waals surface area contributed by atoms with E-state index in [2.05, 4.69) is 22.7 Å². The van der Waals surface area contributed by atoms with Crippen LogP contribution in [0.5, 0.6) is 0 Å². The molecule has 1 atom stereocenters. The molecule has 0 spiro atoms. The van der Waals surface area contributed by atoms with Crippen molar-refractivity contribution in [3.05, 3.63) is 0 Å². The van der Waals surface area contributed by atoms with Crippen LogP contribution in [0, 0.1) is 0 Å². The SMILES string of the molecule is CC1(CN=C(NN)NC2CCCC2)CCCS1. The Bertz CT molecular complexity index is 268. The van der Waals surface area contributed by atoms with Gasteiger partial charge >= 0.3 is 0 Å². The van der Waals surface area contributed by atoms with E-state index in [-0.39, 0.29) is 0 Å². The van der Waals surface area contributed by atoms with Gasteiger partial charge in [-0.05, 0) is 38.4 Å². The Morgan fingerprint density at radius 1 is 1.41 bits per heavy atom. The molecule has 17 heavy (non-hydrogen) atoms. The minimum atomic E-state index is 0.319. The van der Waals surface area contributed by atoms with Gasteiger partial charge < -0.3 is 5.32 Å². The lowest BCUT2D eigenvalue weighted by atomic mass is 10.1. The van der Waals surface area contributed by atoms with E-state index in [1.54, 1.807) is 0 Å². The number of hydrazine groups is 1. The molecule has 0 aromatic carbocycles. The highest BCUT2D eigenvalue weighted by Crippen LogP contribution is 2.37. The van der Waals surface area contributed by atoms with Crippen molar-refractivity contribution in [1.29, 1.82) is 0 Å². The Labute approximate surface area is 108 Å². The number of rotatable bonds is 3. The fourth-order valence-corrected chi connectivity index (χ4v) is 3.83. The van der Waals surface area contributed by atoms with E-state index < -0.39 is 0 Å². The maximum absolute atomic E-state index is 5.53. The Kier molecular flexibility index (Phi) is 4.56. The number of nitrogens with one attached hydrogen (secondary N) is 2. The van der Waals surface area contributed by atoms with Crippen LogP contribution in [0.4, 0.5) is 0 Å². The molecule has 1 aliphatic carbocycles. The molecule has 1 saturated heterocycles. The van der Waals surface area contributed by atoms with Crippen molar-refractivity contribution >= 4 is 17.7 Å². The van der Waals surface area contributed by atoms with Gasteiger partial charge in [0.25, 0.3) is 0 Å². The molecule has 98 valence electrons. The number of hydrogen-bond donors (Lipinski definition) is 3. The van der Waals surface area contributed by atoms with Crippen LogP contribution in [-0.4, -0.2) is 29.0 Å². The zero-order valence-corrected chi connectivity index (χ0v) is 11.5. The average Bonchev–Trinajstić information content (AvgIpc) is 2.96. The zero-order chi connectivity index (χ0) is 12.1. The molecule has 0 bridgehead atoms. The monoisotopic (exact) mass is 256 g/mol. The van der Waals surface area contributed by atoms with E-state index >= 15 is 0 Å². The number of aliphatic imine (C=N–C) groups is 1. The van der Waals surface area contributed by atoms with E-state index in [0.717, 1.165) is 12.5 Å². The van der Waals surface area contributed by atoms with Gasteiger partial charge in [0.05, 0.1) is 6.54 Å². The second-order valence-corrected chi connectivity index (χ2v) is 7.02. The molecule has 2 aliphatic rings. The van der Waals surface area contributed by atoms with Crippen molar-refractivity contribution in [3.8, 4) is 0 Å². The van der Waals surface area contributed by atoms with E-state index in [1.165, 1.54) is 44.3 Å². The summed E-state index contributed by atoms with van der Waals surface area (Å²) in [6, 6.07) is 0.564. The predicted molar refractivity (Wildman–Crippen MR) is 75.1 cm³/mol.